The highest BCUT2D eigenvalue weighted by Gasteiger charge is 2.13. The average Bonchev–Trinajstić information content (AvgIpc) is 2.78. The van der Waals surface area contributed by atoms with Crippen LogP contribution in [0.2, 0.25) is 10.0 Å². The van der Waals surface area contributed by atoms with Crippen LogP contribution in [0.25, 0.3) is 11.3 Å². The molecule has 0 atom stereocenters. The zero-order valence-corrected chi connectivity index (χ0v) is 12.8. The highest BCUT2D eigenvalue weighted by atomic mass is 35.5. The minimum atomic E-state index is 0.0562. The lowest BCUT2D eigenvalue weighted by Crippen LogP contribution is -2.34. The Kier molecular flexibility index (Phi) is 4.24. The van der Waals surface area contributed by atoms with Crippen LogP contribution in [-0.4, -0.2) is 5.54 Å². The smallest absolute Gasteiger partial charge is 0.135 e. The van der Waals surface area contributed by atoms with Gasteiger partial charge in [-0.1, -0.05) is 29.3 Å². The van der Waals surface area contributed by atoms with E-state index in [4.69, 9.17) is 27.6 Å². The van der Waals surface area contributed by atoms with Crippen LogP contribution in [0.5, 0.6) is 0 Å². The normalized spacial score (nSPS) is 11.8. The van der Waals surface area contributed by atoms with Crippen LogP contribution >= 0.6 is 23.2 Å². The molecule has 1 heterocycles. The molecule has 19 heavy (non-hydrogen) atoms. The van der Waals surface area contributed by atoms with Crippen LogP contribution in [0.4, 0.5) is 0 Å². The van der Waals surface area contributed by atoms with Gasteiger partial charge in [-0.15, -0.1) is 0 Å². The lowest BCUT2D eigenvalue weighted by atomic mass is 10.1. The predicted octanol–water partition coefficient (Wildman–Crippen LogP) is 5.14. The molecule has 4 heteroatoms. The minimum absolute atomic E-state index is 0.0562. The second-order valence-electron chi connectivity index (χ2n) is 5.47. The van der Waals surface area contributed by atoms with E-state index >= 15 is 0 Å². The Morgan fingerprint density at radius 3 is 2.53 bits per heavy atom. The first kappa shape index (κ1) is 14.4. The molecule has 0 bridgehead atoms. The number of benzene rings is 1. The summed E-state index contributed by atoms with van der Waals surface area (Å²) in [5.74, 6) is 1.61. The zero-order chi connectivity index (χ0) is 14.0. The van der Waals surface area contributed by atoms with Gasteiger partial charge >= 0.3 is 0 Å². The van der Waals surface area contributed by atoms with Crippen molar-refractivity contribution in [3.8, 4) is 11.3 Å². The van der Waals surface area contributed by atoms with Crippen LogP contribution < -0.4 is 5.32 Å². The Bertz CT molecular complexity index is 570. The molecule has 0 saturated heterocycles. The van der Waals surface area contributed by atoms with Crippen molar-refractivity contribution in [1.29, 1.82) is 0 Å². The molecule has 0 amide bonds. The second kappa shape index (κ2) is 5.58. The van der Waals surface area contributed by atoms with Gasteiger partial charge in [0.25, 0.3) is 0 Å². The van der Waals surface area contributed by atoms with Gasteiger partial charge < -0.3 is 9.73 Å². The van der Waals surface area contributed by atoms with Crippen molar-refractivity contribution in [3.05, 3.63) is 46.1 Å². The fraction of sp³-hybridized carbons (Fsp3) is 0.333. The summed E-state index contributed by atoms with van der Waals surface area (Å²) in [6.07, 6.45) is 0. The SMILES string of the molecule is CC(C)(C)NCc1ccc(-c2cccc(Cl)c2Cl)o1. The van der Waals surface area contributed by atoms with E-state index in [9.17, 15) is 0 Å². The Labute approximate surface area is 123 Å². The predicted molar refractivity (Wildman–Crippen MR) is 80.8 cm³/mol. The van der Waals surface area contributed by atoms with Crippen molar-refractivity contribution in [2.45, 2.75) is 32.9 Å². The number of hydrogen-bond donors (Lipinski definition) is 1. The van der Waals surface area contributed by atoms with Gasteiger partial charge in [0.1, 0.15) is 11.5 Å². The van der Waals surface area contributed by atoms with Gasteiger partial charge in [0.05, 0.1) is 16.6 Å². The van der Waals surface area contributed by atoms with Crippen molar-refractivity contribution in [3.63, 3.8) is 0 Å². The van der Waals surface area contributed by atoms with Gasteiger partial charge in [0, 0.05) is 11.1 Å². The number of rotatable bonds is 3. The van der Waals surface area contributed by atoms with E-state index in [1.807, 2.05) is 24.3 Å². The fourth-order valence-electron chi connectivity index (χ4n) is 1.66. The maximum absolute atomic E-state index is 6.18. The highest BCUT2D eigenvalue weighted by Crippen LogP contribution is 2.34. The summed E-state index contributed by atoms with van der Waals surface area (Å²) in [6, 6.07) is 9.38. The van der Waals surface area contributed by atoms with Crippen molar-refractivity contribution >= 4 is 23.2 Å². The summed E-state index contributed by atoms with van der Waals surface area (Å²) in [5.41, 5.74) is 0.872. The van der Waals surface area contributed by atoms with Gasteiger partial charge in [0.15, 0.2) is 0 Å². The number of furan rings is 1. The molecule has 0 aliphatic rings. The first-order chi connectivity index (χ1) is 8.87. The molecule has 1 aromatic carbocycles. The molecular formula is C15H17Cl2NO. The van der Waals surface area contributed by atoms with Gasteiger partial charge in [-0.05, 0) is 45.0 Å². The summed E-state index contributed by atoms with van der Waals surface area (Å²) in [7, 11) is 0. The Balaban J connectivity index is 2.19. The van der Waals surface area contributed by atoms with Gasteiger partial charge in [-0.3, -0.25) is 0 Å². The molecule has 102 valence electrons. The van der Waals surface area contributed by atoms with E-state index in [2.05, 4.69) is 26.1 Å². The van der Waals surface area contributed by atoms with Crippen LogP contribution in [0.3, 0.4) is 0 Å². The standard InChI is InChI=1S/C15H17Cl2NO/c1-15(2,3)18-9-10-7-8-13(19-10)11-5-4-6-12(16)14(11)17/h4-8,18H,9H2,1-3H3. The molecule has 2 rings (SSSR count). The van der Waals surface area contributed by atoms with E-state index in [0.717, 1.165) is 17.1 Å². The minimum Gasteiger partial charge on any atom is -0.460 e. The van der Waals surface area contributed by atoms with Crippen molar-refractivity contribution < 1.29 is 4.42 Å². The Morgan fingerprint density at radius 2 is 1.84 bits per heavy atom. The number of nitrogens with one attached hydrogen (secondary N) is 1. The van der Waals surface area contributed by atoms with Crippen molar-refractivity contribution in [2.75, 3.05) is 0 Å². The highest BCUT2D eigenvalue weighted by molar-refractivity contribution is 6.43. The fourth-order valence-corrected chi connectivity index (χ4v) is 2.06. The summed E-state index contributed by atoms with van der Waals surface area (Å²) in [6.45, 7) is 7.03. The topological polar surface area (TPSA) is 25.2 Å². The average molecular weight is 298 g/mol. The molecule has 0 radical (unpaired) electrons. The van der Waals surface area contributed by atoms with E-state index < -0.39 is 0 Å². The number of hydrogen-bond acceptors (Lipinski definition) is 2. The zero-order valence-electron chi connectivity index (χ0n) is 11.3. The van der Waals surface area contributed by atoms with Crippen LogP contribution in [0, 0.1) is 0 Å². The van der Waals surface area contributed by atoms with E-state index in [1.54, 1.807) is 6.07 Å². The van der Waals surface area contributed by atoms with E-state index in [1.165, 1.54) is 0 Å². The van der Waals surface area contributed by atoms with E-state index in [0.29, 0.717) is 16.6 Å². The molecule has 1 N–H and O–H groups in total. The maximum atomic E-state index is 6.18. The molecule has 2 aromatic rings. The quantitative estimate of drug-likeness (QED) is 0.848. The maximum Gasteiger partial charge on any atom is 0.135 e. The van der Waals surface area contributed by atoms with Crippen LogP contribution in [0.1, 0.15) is 26.5 Å². The first-order valence-corrected chi connectivity index (χ1v) is 6.90. The third-order valence-corrected chi connectivity index (χ3v) is 3.49. The molecule has 0 aliphatic heterocycles. The molecule has 0 saturated carbocycles. The van der Waals surface area contributed by atoms with Gasteiger partial charge in [-0.2, -0.15) is 0 Å². The van der Waals surface area contributed by atoms with Crippen molar-refractivity contribution in [2.24, 2.45) is 0 Å². The molecule has 1 aromatic heterocycles. The van der Waals surface area contributed by atoms with Crippen LogP contribution in [-0.2, 0) is 6.54 Å². The summed E-state index contributed by atoms with van der Waals surface area (Å²) < 4.78 is 5.80. The lowest BCUT2D eigenvalue weighted by Gasteiger charge is -2.19. The molecule has 0 spiro atoms. The van der Waals surface area contributed by atoms with Crippen molar-refractivity contribution in [1.82, 2.24) is 5.32 Å². The summed E-state index contributed by atoms with van der Waals surface area (Å²) >= 11 is 12.2. The molecule has 2 nitrogen and oxygen atoms in total. The molecule has 0 aliphatic carbocycles. The first-order valence-electron chi connectivity index (χ1n) is 6.15. The lowest BCUT2D eigenvalue weighted by molar-refractivity contribution is 0.391. The summed E-state index contributed by atoms with van der Waals surface area (Å²) in [4.78, 5) is 0. The molecule has 0 unspecified atom stereocenters. The van der Waals surface area contributed by atoms with E-state index in [-0.39, 0.29) is 5.54 Å². The Hall–Kier alpha value is -0.960. The second-order valence-corrected chi connectivity index (χ2v) is 6.26. The molecular weight excluding hydrogens is 281 g/mol. The molecule has 0 fully saturated rings. The Morgan fingerprint density at radius 1 is 1.11 bits per heavy atom. The number of halogens is 2. The third-order valence-electron chi connectivity index (χ3n) is 2.67. The van der Waals surface area contributed by atoms with Gasteiger partial charge in [-0.25, -0.2) is 0 Å². The van der Waals surface area contributed by atoms with Crippen LogP contribution in [0.15, 0.2) is 34.7 Å². The summed E-state index contributed by atoms with van der Waals surface area (Å²) in [5, 5.41) is 4.43. The largest absolute Gasteiger partial charge is 0.460 e. The third kappa shape index (κ3) is 3.75. The van der Waals surface area contributed by atoms with Gasteiger partial charge in [0.2, 0.25) is 0 Å². The monoisotopic (exact) mass is 297 g/mol.